The van der Waals surface area contributed by atoms with Gasteiger partial charge in [-0.1, -0.05) is 24.1 Å². The number of amides is 2. The Bertz CT molecular complexity index is 983. The molecule has 8 heteroatoms. The van der Waals surface area contributed by atoms with Crippen LogP contribution in [0.25, 0.3) is 6.08 Å². The number of hydrogen-bond acceptors (Lipinski definition) is 4. The van der Waals surface area contributed by atoms with Crippen LogP contribution in [0.1, 0.15) is 11.1 Å². The first-order chi connectivity index (χ1) is 14.4. The van der Waals surface area contributed by atoms with E-state index in [1.54, 1.807) is 30.3 Å². The maximum absolute atomic E-state index is 12.8. The lowest BCUT2D eigenvalue weighted by atomic mass is 10.1. The fraction of sp³-hybridized carbons (Fsp3) is 0.182. The molecule has 0 atom stereocenters. The number of alkyl halides is 2. The predicted octanol–water partition coefficient (Wildman–Crippen LogP) is 3.07. The van der Waals surface area contributed by atoms with Gasteiger partial charge in [0.2, 0.25) is 5.91 Å². The Morgan fingerprint density at radius 1 is 1.27 bits per heavy atom. The van der Waals surface area contributed by atoms with E-state index in [0.29, 0.717) is 11.3 Å². The molecule has 6 nitrogen and oxygen atoms in total. The molecule has 30 heavy (non-hydrogen) atoms. The minimum absolute atomic E-state index is 0.0915. The van der Waals surface area contributed by atoms with Gasteiger partial charge in [0.25, 0.3) is 5.91 Å². The molecule has 0 saturated heterocycles. The normalized spacial score (nSPS) is 10.5. The maximum atomic E-state index is 12.8. The Morgan fingerprint density at radius 2 is 2.00 bits per heavy atom. The number of likely N-dealkylation sites (N-methyl/N-ethyl adjacent to an activating group) is 1. The number of terminal acetylenes is 1. The van der Waals surface area contributed by atoms with Crippen LogP contribution in [0, 0.1) is 12.3 Å². The van der Waals surface area contributed by atoms with E-state index < -0.39 is 18.4 Å². The molecule has 0 saturated carbocycles. The monoisotopic (exact) mass is 414 g/mol. The summed E-state index contributed by atoms with van der Waals surface area (Å²) in [5, 5.41) is 2.45. The van der Waals surface area contributed by atoms with Crippen molar-refractivity contribution >= 4 is 23.6 Å². The van der Waals surface area contributed by atoms with Gasteiger partial charge in [0, 0.05) is 29.9 Å². The first-order valence-corrected chi connectivity index (χ1v) is 8.78. The van der Waals surface area contributed by atoms with Crippen molar-refractivity contribution < 1.29 is 27.8 Å². The quantitative estimate of drug-likeness (QED) is 0.533. The number of nitrogens with zero attached hydrogens (tertiary/aromatic N) is 1. The number of para-hydroxylation sites is 1. The van der Waals surface area contributed by atoms with E-state index in [1.807, 2.05) is 0 Å². The number of ether oxygens (including phenoxy) is 2. The van der Waals surface area contributed by atoms with Gasteiger partial charge in [0.05, 0.1) is 7.11 Å². The SMILES string of the molecule is C#Cc1cccc(N(CC(=O)NC)C(=O)/C=C/c2cccc(OC)c2OC(F)F)c1. The standard InChI is InChI=1S/C22H20F2N2O4/c1-4-15-7-5-9-17(13-15)26(14-19(27)25-2)20(28)12-11-16-8-6-10-18(29-3)21(16)30-22(23)24/h1,5-13,22H,14H2,2-3H3,(H,25,27)/b12-11+. The van der Waals surface area contributed by atoms with Gasteiger partial charge in [-0.3, -0.25) is 14.5 Å². The Morgan fingerprint density at radius 3 is 2.63 bits per heavy atom. The zero-order chi connectivity index (χ0) is 22.1. The molecule has 1 N–H and O–H groups in total. The van der Waals surface area contributed by atoms with E-state index in [0.717, 1.165) is 6.08 Å². The molecule has 2 rings (SSSR count). The fourth-order valence-electron chi connectivity index (χ4n) is 2.57. The second-order valence-corrected chi connectivity index (χ2v) is 5.88. The van der Waals surface area contributed by atoms with Crippen LogP contribution in [0.2, 0.25) is 0 Å². The Kier molecular flexibility index (Phi) is 7.94. The molecule has 0 aliphatic carbocycles. The van der Waals surface area contributed by atoms with Crippen LogP contribution in [-0.4, -0.2) is 39.1 Å². The van der Waals surface area contributed by atoms with Crippen molar-refractivity contribution in [2.45, 2.75) is 6.61 Å². The van der Waals surface area contributed by atoms with E-state index in [9.17, 15) is 18.4 Å². The third-order valence-corrected chi connectivity index (χ3v) is 4.01. The van der Waals surface area contributed by atoms with E-state index in [1.165, 1.54) is 37.3 Å². The lowest BCUT2D eigenvalue weighted by molar-refractivity contribution is -0.121. The van der Waals surface area contributed by atoms with Gasteiger partial charge in [0.1, 0.15) is 6.54 Å². The van der Waals surface area contributed by atoms with Crippen LogP contribution in [0.5, 0.6) is 11.5 Å². The van der Waals surface area contributed by atoms with E-state index >= 15 is 0 Å². The zero-order valence-electron chi connectivity index (χ0n) is 16.4. The lowest BCUT2D eigenvalue weighted by Gasteiger charge is -2.21. The van der Waals surface area contributed by atoms with Gasteiger partial charge in [-0.05, 0) is 30.3 Å². The highest BCUT2D eigenvalue weighted by Gasteiger charge is 2.18. The summed E-state index contributed by atoms with van der Waals surface area (Å²) in [5.74, 6) is 1.40. The Hall–Kier alpha value is -3.86. The van der Waals surface area contributed by atoms with Gasteiger partial charge in [0.15, 0.2) is 11.5 Å². The highest BCUT2D eigenvalue weighted by Crippen LogP contribution is 2.33. The van der Waals surface area contributed by atoms with Crippen molar-refractivity contribution in [3.05, 3.63) is 59.7 Å². The molecule has 0 fully saturated rings. The number of nitrogens with one attached hydrogen (secondary N) is 1. The van der Waals surface area contributed by atoms with Crippen LogP contribution in [0.4, 0.5) is 14.5 Å². The summed E-state index contributed by atoms with van der Waals surface area (Å²) in [7, 11) is 2.76. The number of anilines is 1. The lowest BCUT2D eigenvalue weighted by Crippen LogP contribution is -2.39. The van der Waals surface area contributed by atoms with E-state index in [2.05, 4.69) is 16.0 Å². The molecule has 0 spiro atoms. The first kappa shape index (κ1) is 22.4. The minimum atomic E-state index is -3.07. The van der Waals surface area contributed by atoms with Crippen LogP contribution in [0.15, 0.2) is 48.5 Å². The molecule has 0 aromatic heterocycles. The first-order valence-electron chi connectivity index (χ1n) is 8.78. The topological polar surface area (TPSA) is 67.9 Å². The van der Waals surface area contributed by atoms with Gasteiger partial charge in [-0.25, -0.2) is 0 Å². The average Bonchev–Trinajstić information content (AvgIpc) is 2.75. The summed E-state index contributed by atoms with van der Waals surface area (Å²) >= 11 is 0. The van der Waals surface area contributed by atoms with E-state index in [-0.39, 0.29) is 23.6 Å². The number of carbonyl (C=O) groups is 2. The molecular formula is C22H20F2N2O4. The Balaban J connectivity index is 2.39. The number of rotatable bonds is 8. The van der Waals surface area contributed by atoms with Crippen molar-refractivity contribution in [3.8, 4) is 23.8 Å². The summed E-state index contributed by atoms with van der Waals surface area (Å²) in [5.41, 5.74) is 1.16. The van der Waals surface area contributed by atoms with Crippen LogP contribution < -0.4 is 19.7 Å². The number of halogens is 2. The molecule has 2 amide bonds. The molecule has 2 aromatic carbocycles. The molecule has 156 valence electrons. The molecule has 2 aromatic rings. The fourth-order valence-corrected chi connectivity index (χ4v) is 2.57. The Labute approximate surface area is 173 Å². The van der Waals surface area contributed by atoms with Crippen molar-refractivity contribution in [2.75, 3.05) is 25.6 Å². The number of hydrogen-bond donors (Lipinski definition) is 1. The predicted molar refractivity (Wildman–Crippen MR) is 109 cm³/mol. The molecule has 0 unspecified atom stereocenters. The summed E-state index contributed by atoms with van der Waals surface area (Å²) in [4.78, 5) is 26.0. The van der Waals surface area contributed by atoms with Gasteiger partial charge >= 0.3 is 6.61 Å². The molecule has 0 aliphatic heterocycles. The van der Waals surface area contributed by atoms with Crippen molar-refractivity contribution in [1.82, 2.24) is 5.32 Å². The smallest absolute Gasteiger partial charge is 0.387 e. The average molecular weight is 414 g/mol. The summed E-state index contributed by atoms with van der Waals surface area (Å²) in [6.45, 7) is -3.33. The largest absolute Gasteiger partial charge is 0.493 e. The second kappa shape index (κ2) is 10.6. The van der Waals surface area contributed by atoms with Crippen molar-refractivity contribution in [3.63, 3.8) is 0 Å². The van der Waals surface area contributed by atoms with Gasteiger partial charge in [-0.15, -0.1) is 6.42 Å². The van der Waals surface area contributed by atoms with Crippen LogP contribution in [0.3, 0.4) is 0 Å². The molecule has 0 aliphatic rings. The zero-order valence-corrected chi connectivity index (χ0v) is 16.4. The highest BCUT2D eigenvalue weighted by atomic mass is 19.3. The summed E-state index contributed by atoms with van der Waals surface area (Å²) in [6, 6.07) is 11.1. The van der Waals surface area contributed by atoms with Crippen molar-refractivity contribution in [1.29, 1.82) is 0 Å². The van der Waals surface area contributed by atoms with Crippen LogP contribution >= 0.6 is 0 Å². The number of methoxy groups -OCH3 is 1. The maximum Gasteiger partial charge on any atom is 0.387 e. The molecular weight excluding hydrogens is 394 g/mol. The van der Waals surface area contributed by atoms with Gasteiger partial charge in [-0.2, -0.15) is 8.78 Å². The van der Waals surface area contributed by atoms with Crippen molar-refractivity contribution in [2.24, 2.45) is 0 Å². The highest BCUT2D eigenvalue weighted by molar-refractivity contribution is 6.07. The summed E-state index contributed by atoms with van der Waals surface area (Å²) < 4.78 is 35.1. The molecule has 0 heterocycles. The molecule has 0 radical (unpaired) electrons. The number of carbonyl (C=O) groups excluding carboxylic acids is 2. The van der Waals surface area contributed by atoms with Gasteiger partial charge < -0.3 is 14.8 Å². The third kappa shape index (κ3) is 5.82. The van der Waals surface area contributed by atoms with E-state index in [4.69, 9.17) is 11.2 Å². The minimum Gasteiger partial charge on any atom is -0.493 e. The third-order valence-electron chi connectivity index (χ3n) is 4.01. The summed E-state index contributed by atoms with van der Waals surface area (Å²) in [6.07, 6.45) is 7.87. The second-order valence-electron chi connectivity index (χ2n) is 5.88. The van der Waals surface area contributed by atoms with Crippen LogP contribution in [-0.2, 0) is 9.59 Å². The number of benzene rings is 2. The molecule has 0 bridgehead atoms.